The van der Waals surface area contributed by atoms with Gasteiger partial charge >= 0.3 is 6.18 Å². The van der Waals surface area contributed by atoms with Crippen molar-refractivity contribution in [1.82, 2.24) is 9.78 Å². The fourth-order valence-electron chi connectivity index (χ4n) is 3.27. The van der Waals surface area contributed by atoms with Gasteiger partial charge in [-0.2, -0.15) is 18.3 Å². The minimum absolute atomic E-state index is 0. The number of ether oxygens (including phenoxy) is 1. The molecule has 0 saturated carbocycles. The third kappa shape index (κ3) is 4.74. The number of anilines is 1. The normalized spacial score (nSPS) is 11.4. The first kappa shape index (κ1) is 23.3. The van der Waals surface area contributed by atoms with E-state index >= 15 is 0 Å². The molecule has 176 valence electrons. The number of hydrogen-bond donors (Lipinski definition) is 1. The summed E-state index contributed by atoms with van der Waals surface area (Å²) in [6, 6.07) is 17.2. The van der Waals surface area contributed by atoms with Crippen molar-refractivity contribution in [2.24, 2.45) is 0 Å². The van der Waals surface area contributed by atoms with Crippen molar-refractivity contribution in [3.8, 4) is 22.7 Å². The number of benzene rings is 3. The molecule has 1 N–H and O–H groups in total. The summed E-state index contributed by atoms with van der Waals surface area (Å²) in [4.78, 5) is 12.5. The van der Waals surface area contributed by atoms with Crippen LogP contribution in [0.3, 0.4) is 0 Å². The van der Waals surface area contributed by atoms with Crippen molar-refractivity contribution in [2.45, 2.75) is 6.18 Å². The van der Waals surface area contributed by atoms with Crippen LogP contribution in [0.15, 0.2) is 72.8 Å². The lowest BCUT2D eigenvalue weighted by Gasteiger charge is -2.10. The van der Waals surface area contributed by atoms with Crippen LogP contribution in [-0.4, -0.2) is 22.8 Å². The van der Waals surface area contributed by atoms with Gasteiger partial charge in [-0.1, -0.05) is 35.9 Å². The molecule has 4 aromatic rings. The molecule has 1 amide bonds. The predicted octanol–water partition coefficient (Wildman–Crippen LogP) is 6.86. The predicted molar refractivity (Wildman–Crippen MR) is 122 cm³/mol. The maximum absolute atomic E-state index is 13.9. The number of aromatic nitrogens is 2. The molecule has 0 bridgehead atoms. The van der Waals surface area contributed by atoms with Crippen LogP contribution in [0, 0.1) is 5.82 Å². The molecule has 0 spiro atoms. The van der Waals surface area contributed by atoms with Gasteiger partial charge in [0.25, 0.3) is 5.91 Å². The number of alkyl halides is 3. The lowest BCUT2D eigenvalue weighted by Crippen LogP contribution is -2.12. The van der Waals surface area contributed by atoms with Crippen LogP contribution >= 0.6 is 11.6 Å². The Balaban J connectivity index is 0.00000342. The van der Waals surface area contributed by atoms with Crippen LogP contribution in [0.25, 0.3) is 16.9 Å². The summed E-state index contributed by atoms with van der Waals surface area (Å²) < 4.78 is 59.9. The third-order valence-corrected chi connectivity index (χ3v) is 5.25. The van der Waals surface area contributed by atoms with E-state index in [4.69, 9.17) is 16.3 Å². The molecule has 0 aliphatic rings. The van der Waals surface area contributed by atoms with Gasteiger partial charge in [0.05, 0.1) is 23.5 Å². The molecule has 3 aromatic carbocycles. The number of carbonyl (C=O) groups excluding carboxylic acids is 1. The molecule has 0 aliphatic heterocycles. The minimum atomic E-state index is -4.66. The molecule has 10 heteroatoms. The first-order valence-electron chi connectivity index (χ1n) is 9.85. The minimum Gasteiger partial charge on any atom is -0.494 e. The Labute approximate surface area is 198 Å². The van der Waals surface area contributed by atoms with E-state index in [1.807, 2.05) is 0 Å². The van der Waals surface area contributed by atoms with Gasteiger partial charge in [0.15, 0.2) is 17.3 Å². The molecule has 0 unspecified atom stereocenters. The Morgan fingerprint density at radius 2 is 1.76 bits per heavy atom. The molecule has 0 aliphatic carbocycles. The lowest BCUT2D eigenvalue weighted by molar-refractivity contribution is -0.141. The Bertz CT molecular complexity index is 1360. The molecule has 0 atom stereocenters. The summed E-state index contributed by atoms with van der Waals surface area (Å²) in [5.41, 5.74) is 0.169. The first-order valence-corrected chi connectivity index (χ1v) is 10.2. The quantitative estimate of drug-likeness (QED) is 0.310. The molecule has 34 heavy (non-hydrogen) atoms. The monoisotopic (exact) mass is 491 g/mol. The van der Waals surface area contributed by atoms with Crippen molar-refractivity contribution >= 4 is 23.2 Å². The summed E-state index contributed by atoms with van der Waals surface area (Å²) in [5, 5.41) is 6.49. The van der Waals surface area contributed by atoms with E-state index < -0.39 is 23.6 Å². The molecule has 5 nitrogen and oxygen atoms in total. The number of amides is 1. The number of hydrogen-bond acceptors (Lipinski definition) is 3. The topological polar surface area (TPSA) is 56.1 Å². The molecule has 0 fully saturated rings. The summed E-state index contributed by atoms with van der Waals surface area (Å²) >= 11 is 6.19. The van der Waals surface area contributed by atoms with Crippen LogP contribution in [0.5, 0.6) is 5.75 Å². The second kappa shape index (κ2) is 9.18. The van der Waals surface area contributed by atoms with E-state index in [1.165, 1.54) is 43.5 Å². The van der Waals surface area contributed by atoms with Crippen LogP contribution < -0.4 is 10.1 Å². The summed E-state index contributed by atoms with van der Waals surface area (Å²) in [5.74, 6) is -1.12. The van der Waals surface area contributed by atoms with Gasteiger partial charge in [-0.05, 0) is 42.5 Å². The van der Waals surface area contributed by atoms with Gasteiger partial charge in [-0.15, -0.1) is 0 Å². The number of carbonyl (C=O) groups is 1. The van der Waals surface area contributed by atoms with Crippen LogP contribution in [-0.2, 0) is 6.18 Å². The zero-order valence-electron chi connectivity index (χ0n) is 17.5. The van der Waals surface area contributed by atoms with Crippen molar-refractivity contribution in [3.05, 3.63) is 94.9 Å². The van der Waals surface area contributed by atoms with E-state index in [0.717, 1.165) is 16.8 Å². The molecule has 0 radical (unpaired) electrons. The lowest BCUT2D eigenvalue weighted by atomic mass is 10.1. The molecular weight excluding hydrogens is 474 g/mol. The van der Waals surface area contributed by atoms with Crippen molar-refractivity contribution in [2.75, 3.05) is 12.4 Å². The summed E-state index contributed by atoms with van der Waals surface area (Å²) in [6.45, 7) is 0. The molecular formula is C24H18ClF4N3O2. The highest BCUT2D eigenvalue weighted by molar-refractivity contribution is 6.32. The van der Waals surface area contributed by atoms with Crippen LogP contribution in [0.4, 0.5) is 23.2 Å². The maximum atomic E-state index is 13.9. The number of nitrogens with zero attached hydrogens (tertiary/aromatic N) is 2. The standard InChI is InChI=1S/C24H16ClF4N3O2.H2/c1-34-21-11-10-16(12-18(21)26)30-23(33)15-8-6-14(7-9-15)20-13-22(24(27,28)29)31-32(20)19-5-3-2-4-17(19)25;/h2-13H,1H3,(H,30,33);1H. The van der Waals surface area contributed by atoms with Crippen molar-refractivity contribution in [3.63, 3.8) is 0 Å². The fraction of sp³-hybridized carbons (Fsp3) is 0.0833. The van der Waals surface area contributed by atoms with E-state index in [1.54, 1.807) is 24.3 Å². The second-order valence-electron chi connectivity index (χ2n) is 7.16. The third-order valence-electron chi connectivity index (χ3n) is 4.93. The zero-order chi connectivity index (χ0) is 24.5. The maximum Gasteiger partial charge on any atom is 0.435 e. The van der Waals surface area contributed by atoms with Gasteiger partial charge in [-0.3, -0.25) is 4.79 Å². The summed E-state index contributed by atoms with van der Waals surface area (Å²) in [6.07, 6.45) is -4.66. The highest BCUT2D eigenvalue weighted by Crippen LogP contribution is 2.34. The average molecular weight is 492 g/mol. The van der Waals surface area contributed by atoms with Crippen LogP contribution in [0.1, 0.15) is 17.5 Å². The van der Waals surface area contributed by atoms with Crippen molar-refractivity contribution in [1.29, 1.82) is 0 Å². The SMILES string of the molecule is COc1ccc(NC(=O)c2ccc(-c3cc(C(F)(F)F)nn3-c3ccccc3Cl)cc2)cc1F.[HH]. The largest absolute Gasteiger partial charge is 0.494 e. The average Bonchev–Trinajstić information content (AvgIpc) is 3.25. The zero-order valence-corrected chi connectivity index (χ0v) is 18.3. The molecule has 4 rings (SSSR count). The van der Waals surface area contributed by atoms with Gasteiger partial charge in [-0.25, -0.2) is 9.07 Å². The van der Waals surface area contributed by atoms with Crippen molar-refractivity contribution < 1.29 is 28.5 Å². The van der Waals surface area contributed by atoms with E-state index in [-0.39, 0.29) is 34.8 Å². The number of para-hydroxylation sites is 1. The summed E-state index contributed by atoms with van der Waals surface area (Å²) in [7, 11) is 1.33. The van der Waals surface area contributed by atoms with Gasteiger partial charge in [0.2, 0.25) is 0 Å². The molecule has 0 saturated heterocycles. The van der Waals surface area contributed by atoms with E-state index in [2.05, 4.69) is 10.4 Å². The van der Waals surface area contributed by atoms with Gasteiger partial charge in [0, 0.05) is 24.3 Å². The highest BCUT2D eigenvalue weighted by atomic mass is 35.5. The number of rotatable bonds is 5. The van der Waals surface area contributed by atoms with Crippen LogP contribution in [0.2, 0.25) is 5.02 Å². The molecule has 1 aromatic heterocycles. The number of nitrogens with one attached hydrogen (secondary N) is 1. The Kier molecular flexibility index (Phi) is 6.30. The Morgan fingerprint density at radius 1 is 1.06 bits per heavy atom. The Morgan fingerprint density at radius 3 is 2.38 bits per heavy atom. The molecule has 1 heterocycles. The smallest absolute Gasteiger partial charge is 0.435 e. The second-order valence-corrected chi connectivity index (χ2v) is 7.56. The van der Waals surface area contributed by atoms with E-state index in [9.17, 15) is 22.4 Å². The first-order chi connectivity index (χ1) is 16.2. The van der Waals surface area contributed by atoms with E-state index in [0.29, 0.717) is 5.56 Å². The van der Waals surface area contributed by atoms with Gasteiger partial charge in [0.1, 0.15) is 0 Å². The fourth-order valence-corrected chi connectivity index (χ4v) is 3.49. The number of methoxy groups -OCH3 is 1. The van der Waals surface area contributed by atoms with Gasteiger partial charge < -0.3 is 10.1 Å². The Hall–Kier alpha value is -3.85. The highest BCUT2D eigenvalue weighted by Gasteiger charge is 2.35. The number of halogens is 5.